The van der Waals surface area contributed by atoms with Gasteiger partial charge < -0.3 is 10.6 Å². The molecule has 1 aromatic rings. The van der Waals surface area contributed by atoms with Gasteiger partial charge in [0.05, 0.1) is 28.8 Å². The molecule has 1 aromatic heterocycles. The summed E-state index contributed by atoms with van der Waals surface area (Å²) in [6.07, 6.45) is 0.641. The van der Waals surface area contributed by atoms with Crippen molar-refractivity contribution in [2.45, 2.75) is 32.9 Å². The molecule has 0 radical (unpaired) electrons. The van der Waals surface area contributed by atoms with Crippen LogP contribution in [0.3, 0.4) is 0 Å². The van der Waals surface area contributed by atoms with Crippen molar-refractivity contribution >= 4 is 27.1 Å². The van der Waals surface area contributed by atoms with E-state index < -0.39 is 9.84 Å². The second-order valence-corrected chi connectivity index (χ2v) is 8.43. The Morgan fingerprint density at radius 2 is 2.25 bits per heavy atom. The van der Waals surface area contributed by atoms with E-state index in [4.69, 9.17) is 0 Å². The number of thiazole rings is 1. The molecule has 2 heterocycles. The summed E-state index contributed by atoms with van der Waals surface area (Å²) in [4.78, 5) is 9.68. The molecular formula is C12H20N4O2S2. The van der Waals surface area contributed by atoms with Crippen molar-refractivity contribution in [1.29, 1.82) is 0 Å². The maximum absolute atomic E-state index is 11.4. The molecule has 1 atom stereocenters. The monoisotopic (exact) mass is 316 g/mol. The van der Waals surface area contributed by atoms with Gasteiger partial charge in [-0.15, -0.1) is 11.3 Å². The van der Waals surface area contributed by atoms with Crippen LogP contribution in [0, 0.1) is 13.8 Å². The van der Waals surface area contributed by atoms with Gasteiger partial charge in [-0.2, -0.15) is 0 Å². The summed E-state index contributed by atoms with van der Waals surface area (Å²) in [7, 11) is -1.19. The lowest BCUT2D eigenvalue weighted by molar-refractivity contribution is 0.599. The predicted molar refractivity (Wildman–Crippen MR) is 82.0 cm³/mol. The first-order chi connectivity index (χ1) is 9.39. The second-order valence-electron chi connectivity index (χ2n) is 4.91. The van der Waals surface area contributed by atoms with Crippen LogP contribution in [0.1, 0.15) is 22.0 Å². The predicted octanol–water partition coefficient (Wildman–Crippen LogP) is 0.612. The number of aliphatic imine (C=N–C) groups is 1. The van der Waals surface area contributed by atoms with Gasteiger partial charge in [-0.1, -0.05) is 0 Å². The van der Waals surface area contributed by atoms with E-state index in [0.717, 1.165) is 10.7 Å². The molecule has 1 aliphatic heterocycles. The molecule has 0 aromatic carbocycles. The quantitative estimate of drug-likeness (QED) is 0.631. The molecule has 20 heavy (non-hydrogen) atoms. The number of aromatic nitrogens is 1. The van der Waals surface area contributed by atoms with Crippen LogP contribution in [0.2, 0.25) is 0 Å². The second kappa shape index (κ2) is 6.09. The zero-order valence-corrected chi connectivity index (χ0v) is 13.6. The summed E-state index contributed by atoms with van der Waals surface area (Å²) >= 11 is 1.66. The Morgan fingerprint density at radius 1 is 1.50 bits per heavy atom. The van der Waals surface area contributed by atoms with E-state index in [2.05, 4.69) is 20.6 Å². The van der Waals surface area contributed by atoms with Gasteiger partial charge in [0.25, 0.3) is 0 Å². The summed E-state index contributed by atoms with van der Waals surface area (Å²) in [5, 5.41) is 7.42. The van der Waals surface area contributed by atoms with Crippen LogP contribution in [-0.2, 0) is 16.4 Å². The molecule has 0 saturated carbocycles. The zero-order chi connectivity index (χ0) is 14.8. The molecule has 1 aliphatic rings. The summed E-state index contributed by atoms with van der Waals surface area (Å²) in [5.74, 6) is 1.08. The normalized spacial score (nSPS) is 21.9. The first kappa shape index (κ1) is 15.2. The van der Waals surface area contributed by atoms with E-state index in [0.29, 0.717) is 18.9 Å². The molecule has 1 unspecified atom stereocenters. The molecule has 0 aliphatic carbocycles. The van der Waals surface area contributed by atoms with Crippen molar-refractivity contribution < 1.29 is 8.42 Å². The molecule has 0 amide bonds. The average Bonchev–Trinajstić information content (AvgIpc) is 2.87. The highest BCUT2D eigenvalue weighted by molar-refractivity contribution is 7.91. The van der Waals surface area contributed by atoms with Crippen LogP contribution in [0.15, 0.2) is 4.99 Å². The van der Waals surface area contributed by atoms with Crippen molar-refractivity contribution in [2.75, 3.05) is 18.6 Å². The first-order valence-corrected chi connectivity index (χ1v) is 9.14. The number of hydrogen-bond donors (Lipinski definition) is 2. The van der Waals surface area contributed by atoms with Gasteiger partial charge in [-0.05, 0) is 20.3 Å². The van der Waals surface area contributed by atoms with Crippen molar-refractivity contribution in [3.8, 4) is 0 Å². The molecule has 0 bridgehead atoms. The fraction of sp³-hybridized carbons (Fsp3) is 0.667. The SMILES string of the molecule is CN=C(NCc1sc(C)nc1C)NC1CCS(=O)(=O)C1. The third kappa shape index (κ3) is 3.92. The minimum absolute atomic E-state index is 0.0458. The highest BCUT2D eigenvalue weighted by atomic mass is 32.2. The van der Waals surface area contributed by atoms with Gasteiger partial charge in [0.1, 0.15) is 0 Å². The lowest BCUT2D eigenvalue weighted by Gasteiger charge is -2.15. The summed E-state index contributed by atoms with van der Waals surface area (Å²) in [6.45, 7) is 4.62. The Hall–Kier alpha value is -1.15. The maximum atomic E-state index is 11.4. The zero-order valence-electron chi connectivity index (χ0n) is 11.9. The fourth-order valence-electron chi connectivity index (χ4n) is 2.20. The molecule has 8 heteroatoms. The number of rotatable bonds is 3. The Labute approximate surface area is 123 Å². The van der Waals surface area contributed by atoms with E-state index in [1.165, 1.54) is 4.88 Å². The molecule has 6 nitrogen and oxygen atoms in total. The van der Waals surface area contributed by atoms with Crippen LogP contribution >= 0.6 is 11.3 Å². The maximum Gasteiger partial charge on any atom is 0.191 e. The fourth-order valence-corrected chi connectivity index (χ4v) is 4.75. The Bertz CT molecular complexity index is 607. The Kier molecular flexibility index (Phi) is 4.64. The number of hydrogen-bond acceptors (Lipinski definition) is 5. The minimum Gasteiger partial charge on any atom is -0.353 e. The lowest BCUT2D eigenvalue weighted by atomic mass is 10.3. The smallest absolute Gasteiger partial charge is 0.191 e. The van der Waals surface area contributed by atoms with Gasteiger partial charge in [0.15, 0.2) is 15.8 Å². The van der Waals surface area contributed by atoms with Gasteiger partial charge in [-0.25, -0.2) is 13.4 Å². The highest BCUT2D eigenvalue weighted by Crippen LogP contribution is 2.16. The van der Waals surface area contributed by atoms with Crippen molar-refractivity contribution in [3.63, 3.8) is 0 Å². The number of aryl methyl sites for hydroxylation is 2. The van der Waals surface area contributed by atoms with Gasteiger partial charge in [0.2, 0.25) is 0 Å². The van der Waals surface area contributed by atoms with Crippen LogP contribution < -0.4 is 10.6 Å². The standard InChI is InChI=1S/C12H20N4O2S2/c1-8-11(19-9(2)15-8)6-14-12(13-3)16-10-4-5-20(17,18)7-10/h10H,4-7H2,1-3H3,(H2,13,14,16). The van der Waals surface area contributed by atoms with E-state index in [1.54, 1.807) is 18.4 Å². The summed E-state index contributed by atoms with van der Waals surface area (Å²) < 4.78 is 22.9. The molecule has 112 valence electrons. The van der Waals surface area contributed by atoms with Crippen molar-refractivity contribution in [1.82, 2.24) is 15.6 Å². The van der Waals surface area contributed by atoms with E-state index in [-0.39, 0.29) is 17.5 Å². The molecule has 0 spiro atoms. The van der Waals surface area contributed by atoms with E-state index >= 15 is 0 Å². The molecule has 2 N–H and O–H groups in total. The number of nitrogens with zero attached hydrogens (tertiary/aromatic N) is 2. The van der Waals surface area contributed by atoms with Gasteiger partial charge in [-0.3, -0.25) is 4.99 Å². The lowest BCUT2D eigenvalue weighted by Crippen LogP contribution is -2.43. The minimum atomic E-state index is -2.87. The topological polar surface area (TPSA) is 83.4 Å². The van der Waals surface area contributed by atoms with Crippen molar-refractivity contribution in [3.05, 3.63) is 15.6 Å². The van der Waals surface area contributed by atoms with E-state index in [1.807, 2.05) is 13.8 Å². The number of guanidine groups is 1. The van der Waals surface area contributed by atoms with Crippen molar-refractivity contribution in [2.24, 2.45) is 4.99 Å². The molecule has 1 fully saturated rings. The van der Waals surface area contributed by atoms with Crippen LogP contribution in [-0.4, -0.2) is 44.0 Å². The summed E-state index contributed by atoms with van der Waals surface area (Å²) in [5.41, 5.74) is 1.03. The third-order valence-corrected chi connectivity index (χ3v) is 6.05. The first-order valence-electron chi connectivity index (χ1n) is 6.50. The molecule has 2 rings (SSSR count). The summed E-state index contributed by atoms with van der Waals surface area (Å²) in [6, 6.07) is -0.0458. The van der Waals surface area contributed by atoms with E-state index in [9.17, 15) is 8.42 Å². The molecular weight excluding hydrogens is 296 g/mol. The largest absolute Gasteiger partial charge is 0.353 e. The average molecular weight is 316 g/mol. The molecule has 1 saturated heterocycles. The van der Waals surface area contributed by atoms with Gasteiger partial charge in [0, 0.05) is 18.0 Å². The number of nitrogens with one attached hydrogen (secondary N) is 2. The third-order valence-electron chi connectivity index (χ3n) is 3.21. The van der Waals surface area contributed by atoms with Crippen LogP contribution in [0.4, 0.5) is 0 Å². The van der Waals surface area contributed by atoms with Crippen LogP contribution in [0.5, 0.6) is 0 Å². The number of sulfone groups is 1. The Balaban J connectivity index is 1.89. The van der Waals surface area contributed by atoms with Crippen LogP contribution in [0.25, 0.3) is 0 Å². The Morgan fingerprint density at radius 3 is 2.75 bits per heavy atom. The highest BCUT2D eigenvalue weighted by Gasteiger charge is 2.28. The van der Waals surface area contributed by atoms with Gasteiger partial charge >= 0.3 is 0 Å².